The molecule has 1 heterocycles. The number of methoxy groups -OCH3 is 1. The van der Waals surface area contributed by atoms with Crippen LogP contribution in [0.5, 0.6) is 6.01 Å². The molecule has 24 heavy (non-hydrogen) atoms. The van der Waals surface area contributed by atoms with Crippen molar-refractivity contribution >= 4 is 11.8 Å². The standard InChI is InChI=1S/C17H11FN4OS/c1-23-16-20-15(12-7-5-11(10-19)6-8-12)21-17(22-16)24-14-4-2-3-13(18)9-14/h2-9H,1H3. The predicted molar refractivity (Wildman–Crippen MR) is 87.1 cm³/mol. The summed E-state index contributed by atoms with van der Waals surface area (Å²) in [7, 11) is 1.47. The molecule has 0 unspecified atom stereocenters. The second-order valence-corrected chi connectivity index (χ2v) is 5.72. The van der Waals surface area contributed by atoms with E-state index in [0.29, 0.717) is 21.4 Å². The predicted octanol–water partition coefficient (Wildman–Crippen LogP) is 3.71. The third-order valence-corrected chi connectivity index (χ3v) is 3.91. The highest BCUT2D eigenvalue weighted by Gasteiger charge is 2.11. The van der Waals surface area contributed by atoms with Gasteiger partial charge in [-0.1, -0.05) is 6.07 Å². The van der Waals surface area contributed by atoms with Crippen LogP contribution in [0.25, 0.3) is 11.4 Å². The van der Waals surface area contributed by atoms with Crippen molar-refractivity contribution in [2.75, 3.05) is 7.11 Å². The van der Waals surface area contributed by atoms with Gasteiger partial charge >= 0.3 is 6.01 Å². The maximum atomic E-state index is 13.3. The first-order valence-corrected chi connectivity index (χ1v) is 7.73. The number of hydrogen-bond acceptors (Lipinski definition) is 6. The van der Waals surface area contributed by atoms with E-state index in [0.717, 1.165) is 5.56 Å². The summed E-state index contributed by atoms with van der Waals surface area (Å²) in [4.78, 5) is 13.5. The summed E-state index contributed by atoms with van der Waals surface area (Å²) in [6.45, 7) is 0. The monoisotopic (exact) mass is 338 g/mol. The van der Waals surface area contributed by atoms with Crippen molar-refractivity contribution in [3.05, 3.63) is 59.9 Å². The molecule has 0 amide bonds. The number of rotatable bonds is 4. The molecule has 118 valence electrons. The maximum absolute atomic E-state index is 13.3. The van der Waals surface area contributed by atoms with E-state index in [4.69, 9.17) is 10.00 Å². The number of halogens is 1. The number of nitriles is 1. The molecule has 2 aromatic carbocycles. The van der Waals surface area contributed by atoms with E-state index in [9.17, 15) is 4.39 Å². The fourth-order valence-electron chi connectivity index (χ4n) is 1.93. The topological polar surface area (TPSA) is 71.7 Å². The molecule has 0 aliphatic heterocycles. The van der Waals surface area contributed by atoms with E-state index in [1.807, 2.05) is 0 Å². The van der Waals surface area contributed by atoms with E-state index < -0.39 is 0 Å². The molecule has 0 spiro atoms. The van der Waals surface area contributed by atoms with Gasteiger partial charge in [0.25, 0.3) is 0 Å². The molecule has 0 fully saturated rings. The van der Waals surface area contributed by atoms with Gasteiger partial charge in [-0.05, 0) is 54.2 Å². The third-order valence-electron chi connectivity index (χ3n) is 3.05. The largest absolute Gasteiger partial charge is 0.467 e. The highest BCUT2D eigenvalue weighted by molar-refractivity contribution is 7.99. The molecule has 0 atom stereocenters. The van der Waals surface area contributed by atoms with Crippen molar-refractivity contribution in [3.63, 3.8) is 0 Å². The van der Waals surface area contributed by atoms with Gasteiger partial charge in [0.05, 0.1) is 18.7 Å². The van der Waals surface area contributed by atoms with E-state index in [-0.39, 0.29) is 11.8 Å². The number of ether oxygens (including phenoxy) is 1. The Hall–Kier alpha value is -2.98. The fourth-order valence-corrected chi connectivity index (χ4v) is 2.72. The van der Waals surface area contributed by atoms with Gasteiger partial charge in [0, 0.05) is 10.5 Å². The Morgan fingerprint density at radius 2 is 1.88 bits per heavy atom. The van der Waals surface area contributed by atoms with Gasteiger partial charge < -0.3 is 4.74 Å². The fraction of sp³-hybridized carbons (Fsp3) is 0.0588. The van der Waals surface area contributed by atoms with Crippen molar-refractivity contribution < 1.29 is 9.13 Å². The second kappa shape index (κ2) is 7.06. The van der Waals surface area contributed by atoms with Crippen LogP contribution in [0.2, 0.25) is 0 Å². The molecule has 0 N–H and O–H groups in total. The van der Waals surface area contributed by atoms with Gasteiger partial charge in [0.2, 0.25) is 0 Å². The van der Waals surface area contributed by atoms with Gasteiger partial charge in [0.1, 0.15) is 5.82 Å². The highest BCUT2D eigenvalue weighted by Crippen LogP contribution is 2.28. The van der Waals surface area contributed by atoms with Crippen LogP contribution in [-0.2, 0) is 0 Å². The molecule has 0 aliphatic rings. The highest BCUT2D eigenvalue weighted by atomic mass is 32.2. The Bertz CT molecular complexity index is 909. The van der Waals surface area contributed by atoms with Crippen molar-refractivity contribution in [2.45, 2.75) is 10.1 Å². The molecule has 5 nitrogen and oxygen atoms in total. The van der Waals surface area contributed by atoms with Crippen LogP contribution in [0.4, 0.5) is 4.39 Å². The van der Waals surface area contributed by atoms with Crippen LogP contribution in [0.3, 0.4) is 0 Å². The molecule has 0 radical (unpaired) electrons. The van der Waals surface area contributed by atoms with Gasteiger partial charge in [-0.3, -0.25) is 0 Å². The molecule has 1 aromatic heterocycles. The van der Waals surface area contributed by atoms with E-state index in [2.05, 4.69) is 21.0 Å². The summed E-state index contributed by atoms with van der Waals surface area (Å²) >= 11 is 1.21. The molecule has 0 saturated heterocycles. The molecule has 7 heteroatoms. The van der Waals surface area contributed by atoms with Gasteiger partial charge in [-0.2, -0.15) is 15.2 Å². The molecular formula is C17H11FN4OS. The number of nitrogens with zero attached hydrogens (tertiary/aromatic N) is 4. The number of aromatic nitrogens is 3. The third kappa shape index (κ3) is 3.67. The maximum Gasteiger partial charge on any atom is 0.320 e. The molecule has 0 aliphatic carbocycles. The average molecular weight is 338 g/mol. The van der Waals surface area contributed by atoms with E-state index in [1.165, 1.54) is 31.0 Å². The molecular weight excluding hydrogens is 327 g/mol. The minimum Gasteiger partial charge on any atom is -0.467 e. The van der Waals surface area contributed by atoms with Gasteiger partial charge in [-0.25, -0.2) is 9.37 Å². The Balaban J connectivity index is 1.97. The van der Waals surface area contributed by atoms with Gasteiger partial charge in [-0.15, -0.1) is 0 Å². The first-order chi connectivity index (χ1) is 11.7. The van der Waals surface area contributed by atoms with Crippen LogP contribution in [-0.4, -0.2) is 22.1 Å². The van der Waals surface area contributed by atoms with Crippen LogP contribution < -0.4 is 4.74 Å². The van der Waals surface area contributed by atoms with Crippen LogP contribution in [0.15, 0.2) is 58.6 Å². The molecule has 3 rings (SSSR count). The number of benzene rings is 2. The van der Waals surface area contributed by atoms with Gasteiger partial charge in [0.15, 0.2) is 11.0 Å². The summed E-state index contributed by atoms with van der Waals surface area (Å²) in [6.07, 6.45) is 0. The normalized spacial score (nSPS) is 10.2. The Morgan fingerprint density at radius 1 is 1.08 bits per heavy atom. The molecule has 0 bridgehead atoms. The summed E-state index contributed by atoms with van der Waals surface area (Å²) in [5.74, 6) is 0.0959. The Labute approximate surface area is 142 Å². The first-order valence-electron chi connectivity index (χ1n) is 6.92. The Kier molecular flexibility index (Phi) is 4.68. The lowest BCUT2D eigenvalue weighted by Gasteiger charge is -2.06. The van der Waals surface area contributed by atoms with E-state index >= 15 is 0 Å². The molecule has 0 saturated carbocycles. The summed E-state index contributed by atoms with van der Waals surface area (Å²) < 4.78 is 18.4. The molecule has 3 aromatic rings. The van der Waals surface area contributed by atoms with Crippen LogP contribution in [0.1, 0.15) is 5.56 Å². The van der Waals surface area contributed by atoms with Crippen LogP contribution in [0, 0.1) is 17.1 Å². The second-order valence-electron chi connectivity index (χ2n) is 4.68. The zero-order valence-electron chi connectivity index (χ0n) is 12.6. The summed E-state index contributed by atoms with van der Waals surface area (Å²) in [6, 6.07) is 15.3. The lowest BCUT2D eigenvalue weighted by Crippen LogP contribution is -1.99. The lowest BCUT2D eigenvalue weighted by molar-refractivity contribution is 0.373. The average Bonchev–Trinajstić information content (AvgIpc) is 2.61. The minimum absolute atomic E-state index is 0.170. The van der Waals surface area contributed by atoms with E-state index in [1.54, 1.807) is 36.4 Å². The summed E-state index contributed by atoms with van der Waals surface area (Å²) in [5.41, 5.74) is 1.28. The number of hydrogen-bond donors (Lipinski definition) is 0. The van der Waals surface area contributed by atoms with Crippen LogP contribution >= 0.6 is 11.8 Å². The SMILES string of the molecule is COc1nc(Sc2cccc(F)c2)nc(-c2ccc(C#N)cc2)n1. The van der Waals surface area contributed by atoms with Crippen molar-refractivity contribution in [1.82, 2.24) is 15.0 Å². The lowest BCUT2D eigenvalue weighted by atomic mass is 10.1. The summed E-state index contributed by atoms with van der Waals surface area (Å²) in [5, 5.41) is 9.26. The zero-order valence-corrected chi connectivity index (χ0v) is 13.4. The van der Waals surface area contributed by atoms with Crippen molar-refractivity contribution in [2.24, 2.45) is 0 Å². The van der Waals surface area contributed by atoms with Crippen molar-refractivity contribution in [3.8, 4) is 23.5 Å². The quantitative estimate of drug-likeness (QED) is 0.722. The first kappa shape index (κ1) is 15.9. The minimum atomic E-state index is -0.326. The van der Waals surface area contributed by atoms with Crippen molar-refractivity contribution in [1.29, 1.82) is 5.26 Å². The smallest absolute Gasteiger partial charge is 0.320 e. The Morgan fingerprint density at radius 3 is 2.54 bits per heavy atom. The zero-order chi connectivity index (χ0) is 16.9.